The summed E-state index contributed by atoms with van der Waals surface area (Å²) in [6, 6.07) is 6.24. The number of nitrogens with two attached hydrogens (primary N) is 1. The van der Waals surface area contributed by atoms with Gasteiger partial charge in [-0.2, -0.15) is 0 Å². The van der Waals surface area contributed by atoms with Gasteiger partial charge in [-0.05, 0) is 30.5 Å². The first kappa shape index (κ1) is 10.2. The second kappa shape index (κ2) is 4.49. The maximum absolute atomic E-state index is 5.99. The molecule has 0 saturated carbocycles. The van der Waals surface area contributed by atoms with Gasteiger partial charge < -0.3 is 5.73 Å². The van der Waals surface area contributed by atoms with Crippen LogP contribution >= 0.6 is 0 Å². The Morgan fingerprint density at radius 2 is 2.33 bits per heavy atom. The Hall–Kier alpha value is -1.28. The highest BCUT2D eigenvalue weighted by molar-refractivity contribution is 5.51. The van der Waals surface area contributed by atoms with E-state index < -0.39 is 0 Å². The van der Waals surface area contributed by atoms with Crippen molar-refractivity contribution in [3.05, 3.63) is 41.5 Å². The summed E-state index contributed by atoms with van der Waals surface area (Å²) >= 11 is 0. The lowest BCUT2D eigenvalue weighted by Crippen LogP contribution is -2.31. The maximum Gasteiger partial charge on any atom is 0.0362 e. The number of nitrogens with zero attached hydrogens (tertiary/aromatic N) is 1. The molecule has 0 atom stereocenters. The van der Waals surface area contributed by atoms with Crippen LogP contribution in [0.3, 0.4) is 0 Å². The molecule has 2 rings (SSSR count). The lowest BCUT2D eigenvalue weighted by Gasteiger charge is -2.28. The van der Waals surface area contributed by atoms with Crippen LogP contribution in [0.25, 0.3) is 0 Å². The van der Waals surface area contributed by atoms with Crippen molar-refractivity contribution in [3.8, 4) is 0 Å². The summed E-state index contributed by atoms with van der Waals surface area (Å²) in [5.41, 5.74) is 9.68. The number of hydrogen-bond donors (Lipinski definition) is 1. The zero-order valence-electron chi connectivity index (χ0n) is 9.24. The summed E-state index contributed by atoms with van der Waals surface area (Å²) in [6.07, 6.45) is 5.42. The molecule has 2 heteroatoms. The smallest absolute Gasteiger partial charge is 0.0362 e. The van der Waals surface area contributed by atoms with Crippen molar-refractivity contribution in [1.29, 1.82) is 0 Å². The average molecular weight is 202 g/mol. The molecule has 0 aliphatic carbocycles. The lowest BCUT2D eigenvalue weighted by molar-refractivity contribution is 0.282. The highest BCUT2D eigenvalue weighted by Gasteiger charge is 2.16. The second-order valence-corrected chi connectivity index (χ2v) is 4.04. The topological polar surface area (TPSA) is 29.3 Å². The van der Waals surface area contributed by atoms with E-state index in [9.17, 15) is 0 Å². The summed E-state index contributed by atoms with van der Waals surface area (Å²) in [6.45, 7) is 5.23. The Morgan fingerprint density at radius 3 is 3.13 bits per heavy atom. The number of hydrogen-bond acceptors (Lipinski definition) is 2. The van der Waals surface area contributed by atoms with Crippen molar-refractivity contribution >= 4 is 5.69 Å². The zero-order valence-corrected chi connectivity index (χ0v) is 9.24. The van der Waals surface area contributed by atoms with Crippen LogP contribution in [-0.4, -0.2) is 18.0 Å². The molecular formula is C13H18N2. The molecule has 0 saturated heterocycles. The van der Waals surface area contributed by atoms with Crippen LogP contribution < -0.4 is 5.73 Å². The fraction of sp³-hybridized carbons (Fsp3) is 0.385. The third-order valence-electron chi connectivity index (χ3n) is 2.99. The van der Waals surface area contributed by atoms with Gasteiger partial charge >= 0.3 is 0 Å². The van der Waals surface area contributed by atoms with Gasteiger partial charge in [-0.25, -0.2) is 0 Å². The molecule has 2 nitrogen and oxygen atoms in total. The van der Waals surface area contributed by atoms with E-state index in [1.165, 1.54) is 11.1 Å². The zero-order chi connectivity index (χ0) is 10.7. The molecule has 0 fully saturated rings. The minimum Gasteiger partial charge on any atom is -0.398 e. The van der Waals surface area contributed by atoms with Crippen molar-refractivity contribution in [2.24, 2.45) is 0 Å². The molecule has 1 heterocycles. The number of allylic oxidation sites excluding steroid dienone is 1. The largest absolute Gasteiger partial charge is 0.398 e. The summed E-state index contributed by atoms with van der Waals surface area (Å²) in [4.78, 5) is 2.43. The van der Waals surface area contributed by atoms with E-state index in [2.05, 4.69) is 36.1 Å². The number of anilines is 1. The van der Waals surface area contributed by atoms with Gasteiger partial charge in [-0.3, -0.25) is 4.90 Å². The van der Waals surface area contributed by atoms with Gasteiger partial charge in [0.2, 0.25) is 0 Å². The first-order valence-electron chi connectivity index (χ1n) is 5.51. The maximum atomic E-state index is 5.99. The Labute approximate surface area is 91.4 Å². The fourth-order valence-corrected chi connectivity index (χ4v) is 2.07. The van der Waals surface area contributed by atoms with Gasteiger partial charge in [0.1, 0.15) is 0 Å². The minimum absolute atomic E-state index is 0.942. The van der Waals surface area contributed by atoms with E-state index in [1.807, 2.05) is 6.07 Å². The van der Waals surface area contributed by atoms with Crippen LogP contribution in [0, 0.1) is 0 Å². The third kappa shape index (κ3) is 2.21. The lowest BCUT2D eigenvalue weighted by atomic mass is 9.98. The van der Waals surface area contributed by atoms with E-state index in [0.717, 1.165) is 31.7 Å². The van der Waals surface area contributed by atoms with Crippen molar-refractivity contribution < 1.29 is 0 Å². The summed E-state index contributed by atoms with van der Waals surface area (Å²) in [5, 5.41) is 0. The Kier molecular flexibility index (Phi) is 3.07. The molecule has 0 bridgehead atoms. The molecule has 0 radical (unpaired) electrons. The summed E-state index contributed by atoms with van der Waals surface area (Å²) < 4.78 is 0. The van der Waals surface area contributed by atoms with E-state index in [0.29, 0.717) is 0 Å². The van der Waals surface area contributed by atoms with Gasteiger partial charge in [-0.1, -0.05) is 24.3 Å². The first-order chi connectivity index (χ1) is 7.31. The van der Waals surface area contributed by atoms with Crippen molar-refractivity contribution in [1.82, 2.24) is 4.90 Å². The molecule has 1 aliphatic heterocycles. The van der Waals surface area contributed by atoms with E-state index in [4.69, 9.17) is 5.73 Å². The van der Waals surface area contributed by atoms with Gasteiger partial charge in [0.05, 0.1) is 0 Å². The average Bonchev–Trinajstić information content (AvgIpc) is 2.27. The van der Waals surface area contributed by atoms with E-state index in [1.54, 1.807) is 0 Å². The SMILES string of the molecule is C/C=C/CN1CCc2cccc(N)c2C1. The molecule has 0 amide bonds. The summed E-state index contributed by atoms with van der Waals surface area (Å²) in [7, 11) is 0. The molecule has 15 heavy (non-hydrogen) atoms. The van der Waals surface area contributed by atoms with Gasteiger partial charge in [0, 0.05) is 25.3 Å². The molecule has 80 valence electrons. The Bertz CT molecular complexity index is 369. The number of nitrogen functional groups attached to an aromatic ring is 1. The van der Waals surface area contributed by atoms with Crippen LogP contribution in [0.15, 0.2) is 30.4 Å². The molecular weight excluding hydrogens is 184 g/mol. The second-order valence-electron chi connectivity index (χ2n) is 4.04. The number of rotatable bonds is 2. The van der Waals surface area contributed by atoms with E-state index in [-0.39, 0.29) is 0 Å². The van der Waals surface area contributed by atoms with Crippen LogP contribution in [0.4, 0.5) is 5.69 Å². The monoisotopic (exact) mass is 202 g/mol. The number of fused-ring (bicyclic) bond motifs is 1. The molecule has 2 N–H and O–H groups in total. The van der Waals surface area contributed by atoms with Crippen molar-refractivity contribution in [2.75, 3.05) is 18.8 Å². The molecule has 0 spiro atoms. The first-order valence-corrected chi connectivity index (χ1v) is 5.51. The normalized spacial score (nSPS) is 16.9. The van der Waals surface area contributed by atoms with Crippen LogP contribution in [-0.2, 0) is 13.0 Å². The molecule has 0 unspecified atom stereocenters. The van der Waals surface area contributed by atoms with E-state index >= 15 is 0 Å². The van der Waals surface area contributed by atoms with Crippen LogP contribution in [0.1, 0.15) is 18.1 Å². The highest BCUT2D eigenvalue weighted by atomic mass is 15.1. The summed E-state index contributed by atoms with van der Waals surface area (Å²) in [5.74, 6) is 0. The number of benzene rings is 1. The van der Waals surface area contributed by atoms with Gasteiger partial charge in [0.25, 0.3) is 0 Å². The van der Waals surface area contributed by atoms with Crippen LogP contribution in [0.5, 0.6) is 0 Å². The Morgan fingerprint density at radius 1 is 1.47 bits per heavy atom. The Balaban J connectivity index is 2.15. The van der Waals surface area contributed by atoms with Crippen LogP contribution in [0.2, 0.25) is 0 Å². The predicted molar refractivity (Wildman–Crippen MR) is 64.6 cm³/mol. The fourth-order valence-electron chi connectivity index (χ4n) is 2.07. The van der Waals surface area contributed by atoms with Crippen molar-refractivity contribution in [2.45, 2.75) is 19.9 Å². The van der Waals surface area contributed by atoms with Gasteiger partial charge in [0.15, 0.2) is 0 Å². The van der Waals surface area contributed by atoms with Crippen molar-refractivity contribution in [3.63, 3.8) is 0 Å². The quantitative estimate of drug-likeness (QED) is 0.588. The van der Waals surface area contributed by atoms with Gasteiger partial charge in [-0.15, -0.1) is 0 Å². The standard InChI is InChI=1S/C13H18N2/c1-2-3-8-15-9-7-11-5-4-6-13(14)12(11)10-15/h2-6H,7-10,14H2,1H3/b3-2+. The molecule has 1 aromatic rings. The molecule has 1 aromatic carbocycles. The predicted octanol–water partition coefficient (Wildman–Crippen LogP) is 2.20. The molecule has 0 aromatic heterocycles. The highest BCUT2D eigenvalue weighted by Crippen LogP contribution is 2.23. The minimum atomic E-state index is 0.942. The molecule has 1 aliphatic rings. The third-order valence-corrected chi connectivity index (χ3v) is 2.99.